The maximum atomic E-state index is 12.1. The fourth-order valence-electron chi connectivity index (χ4n) is 1.05. The highest BCUT2D eigenvalue weighted by Gasteiger charge is 2.35. The van der Waals surface area contributed by atoms with E-state index < -0.39 is 13.1 Å². The summed E-state index contributed by atoms with van der Waals surface area (Å²) in [5, 5.41) is 0. The van der Waals surface area contributed by atoms with Crippen molar-refractivity contribution in [2.24, 2.45) is 0 Å². The van der Waals surface area contributed by atoms with Crippen molar-refractivity contribution in [2.75, 3.05) is 0 Å². The van der Waals surface area contributed by atoms with Gasteiger partial charge in [0.05, 0.1) is 12.2 Å². The van der Waals surface area contributed by atoms with E-state index in [4.69, 9.17) is 9.05 Å². The molecule has 0 bridgehead atoms. The highest BCUT2D eigenvalue weighted by atomic mass is 31.2. The smallest absolute Gasteiger partial charge is 0.300 e. The number of hydrogen-bond acceptors (Lipinski definition) is 4. The van der Waals surface area contributed by atoms with Crippen molar-refractivity contribution in [1.82, 2.24) is 0 Å². The molecule has 5 heteroatoms. The van der Waals surface area contributed by atoms with E-state index >= 15 is 0 Å². The minimum atomic E-state index is -3.58. The lowest BCUT2D eigenvalue weighted by Crippen LogP contribution is -2.14. The summed E-state index contributed by atoms with van der Waals surface area (Å²) in [5.74, 6) is 0. The van der Waals surface area contributed by atoms with Crippen molar-refractivity contribution in [3.8, 4) is 0 Å². The quantitative estimate of drug-likeness (QED) is 0.636. The summed E-state index contributed by atoms with van der Waals surface area (Å²) in [6.45, 7) is 8.78. The Hall–Kier alpha value is -0.180. The van der Waals surface area contributed by atoms with Crippen molar-refractivity contribution < 1.29 is 18.4 Å². The minimum absolute atomic E-state index is 0.233. The highest BCUT2D eigenvalue weighted by molar-refractivity contribution is 7.71. The van der Waals surface area contributed by atoms with Gasteiger partial charge in [0.25, 0.3) is 0 Å². The number of hydrogen-bond donors (Lipinski definition) is 0. The van der Waals surface area contributed by atoms with Crippen molar-refractivity contribution in [2.45, 2.75) is 59.7 Å². The van der Waals surface area contributed by atoms with Crippen LogP contribution in [0.4, 0.5) is 0 Å². The van der Waals surface area contributed by atoms with E-state index in [2.05, 4.69) is 0 Å². The Balaban J connectivity index is 4.69. The summed E-state index contributed by atoms with van der Waals surface area (Å²) >= 11 is 0. The molecule has 0 atom stereocenters. The van der Waals surface area contributed by atoms with Gasteiger partial charge in [-0.25, -0.2) is 0 Å². The van der Waals surface area contributed by atoms with E-state index in [-0.39, 0.29) is 18.6 Å². The lowest BCUT2D eigenvalue weighted by molar-refractivity contribution is -0.114. The third-order valence-corrected chi connectivity index (χ3v) is 3.70. The predicted octanol–water partition coefficient (Wildman–Crippen LogP) is 3.36. The molecule has 0 fully saturated rings. The molecule has 15 heavy (non-hydrogen) atoms. The molecule has 0 aromatic heterocycles. The van der Waals surface area contributed by atoms with Gasteiger partial charge in [-0.1, -0.05) is 6.92 Å². The zero-order chi connectivity index (χ0) is 12.1. The molecular formula is C10H21O4P. The second-order valence-electron chi connectivity index (χ2n) is 3.95. The molecule has 0 N–H and O–H groups in total. The average molecular weight is 236 g/mol. The second kappa shape index (κ2) is 6.41. The van der Waals surface area contributed by atoms with Crippen LogP contribution in [0, 0.1) is 0 Å². The van der Waals surface area contributed by atoms with Gasteiger partial charge in [0.15, 0.2) is 0 Å². The van der Waals surface area contributed by atoms with Gasteiger partial charge in [0.1, 0.15) is 0 Å². The van der Waals surface area contributed by atoms with Gasteiger partial charge in [-0.05, 0) is 34.1 Å². The van der Waals surface area contributed by atoms with Crippen LogP contribution in [-0.4, -0.2) is 17.7 Å². The Morgan fingerprint density at radius 1 is 1.13 bits per heavy atom. The van der Waals surface area contributed by atoms with E-state index in [0.29, 0.717) is 6.42 Å². The van der Waals surface area contributed by atoms with E-state index in [1.54, 1.807) is 27.7 Å². The van der Waals surface area contributed by atoms with Gasteiger partial charge in [0.2, 0.25) is 5.52 Å². The molecule has 0 aliphatic rings. The monoisotopic (exact) mass is 236 g/mol. The summed E-state index contributed by atoms with van der Waals surface area (Å²) in [7, 11) is -3.58. The molecule has 0 radical (unpaired) electrons. The normalized spacial score (nSPS) is 12.5. The van der Waals surface area contributed by atoms with E-state index in [1.807, 2.05) is 6.92 Å². The maximum Gasteiger partial charge on any atom is 0.397 e. The van der Waals surface area contributed by atoms with Crippen LogP contribution < -0.4 is 0 Å². The second-order valence-corrected chi connectivity index (χ2v) is 5.86. The first-order chi connectivity index (χ1) is 6.81. The fourth-order valence-corrected chi connectivity index (χ4v) is 2.94. The van der Waals surface area contributed by atoms with Crippen LogP contribution in [-0.2, 0) is 18.4 Å². The molecular weight excluding hydrogens is 215 g/mol. The van der Waals surface area contributed by atoms with Crippen LogP contribution in [0.2, 0.25) is 0 Å². The van der Waals surface area contributed by atoms with Crippen molar-refractivity contribution in [3.05, 3.63) is 0 Å². The molecule has 0 spiro atoms. The van der Waals surface area contributed by atoms with Crippen LogP contribution in [0.15, 0.2) is 0 Å². The first-order valence-corrected chi connectivity index (χ1v) is 6.86. The first kappa shape index (κ1) is 14.8. The molecule has 90 valence electrons. The molecule has 0 heterocycles. The average Bonchev–Trinajstić information content (AvgIpc) is 2.01. The summed E-state index contributed by atoms with van der Waals surface area (Å²) in [5.41, 5.74) is -0.424. The Bertz CT molecular complexity index is 234. The van der Waals surface area contributed by atoms with Crippen LogP contribution >= 0.6 is 7.60 Å². The van der Waals surface area contributed by atoms with Crippen LogP contribution in [0.1, 0.15) is 47.5 Å². The minimum Gasteiger partial charge on any atom is -0.300 e. The van der Waals surface area contributed by atoms with Gasteiger partial charge >= 0.3 is 7.60 Å². The number of carbonyl (C=O) groups excluding carboxylic acids is 1. The zero-order valence-corrected chi connectivity index (χ0v) is 11.0. The molecule has 0 saturated heterocycles. The van der Waals surface area contributed by atoms with E-state index in [0.717, 1.165) is 0 Å². The molecule has 0 aromatic rings. The van der Waals surface area contributed by atoms with Crippen LogP contribution in [0.25, 0.3) is 0 Å². The van der Waals surface area contributed by atoms with Crippen LogP contribution in [0.5, 0.6) is 0 Å². The predicted molar refractivity (Wildman–Crippen MR) is 60.0 cm³/mol. The van der Waals surface area contributed by atoms with Crippen LogP contribution in [0.3, 0.4) is 0 Å². The molecule has 4 nitrogen and oxygen atoms in total. The Labute approximate surface area is 91.9 Å². The largest absolute Gasteiger partial charge is 0.397 e. The Kier molecular flexibility index (Phi) is 6.34. The molecule has 0 rings (SSSR count). The van der Waals surface area contributed by atoms with Gasteiger partial charge < -0.3 is 9.05 Å². The lowest BCUT2D eigenvalue weighted by Gasteiger charge is -2.21. The van der Waals surface area contributed by atoms with Gasteiger partial charge in [-0.3, -0.25) is 9.36 Å². The zero-order valence-electron chi connectivity index (χ0n) is 10.1. The Morgan fingerprint density at radius 2 is 1.53 bits per heavy atom. The number of carbonyl (C=O) groups is 1. The standard InChI is InChI=1S/C10H21O4P/c1-6-7-10(11)15(12,13-8(2)3)14-9(4)5/h8-9H,6-7H2,1-5H3. The molecule has 0 aliphatic carbocycles. The molecule has 0 aliphatic heterocycles. The maximum absolute atomic E-state index is 12.1. The van der Waals surface area contributed by atoms with Crippen molar-refractivity contribution >= 4 is 13.1 Å². The molecule has 0 aromatic carbocycles. The van der Waals surface area contributed by atoms with Gasteiger partial charge in [-0.15, -0.1) is 0 Å². The highest BCUT2D eigenvalue weighted by Crippen LogP contribution is 2.52. The van der Waals surface area contributed by atoms with Crippen molar-refractivity contribution in [3.63, 3.8) is 0 Å². The fraction of sp³-hybridized carbons (Fsp3) is 0.900. The van der Waals surface area contributed by atoms with Crippen molar-refractivity contribution in [1.29, 1.82) is 0 Å². The summed E-state index contributed by atoms with van der Waals surface area (Å²) in [4.78, 5) is 11.6. The third kappa shape index (κ3) is 5.45. The number of rotatable bonds is 7. The molecule has 0 unspecified atom stereocenters. The topological polar surface area (TPSA) is 52.6 Å². The molecule has 0 saturated carbocycles. The third-order valence-electron chi connectivity index (χ3n) is 1.47. The summed E-state index contributed by atoms with van der Waals surface area (Å²) in [6, 6.07) is 0. The van der Waals surface area contributed by atoms with Gasteiger partial charge in [0, 0.05) is 6.42 Å². The summed E-state index contributed by atoms with van der Waals surface area (Å²) in [6.07, 6.45) is 0.313. The molecule has 0 amide bonds. The summed E-state index contributed by atoms with van der Waals surface area (Å²) < 4.78 is 22.4. The SMILES string of the molecule is CCCC(=O)P(=O)(OC(C)C)OC(C)C. The van der Waals surface area contributed by atoms with Gasteiger partial charge in [-0.2, -0.15) is 0 Å². The Morgan fingerprint density at radius 3 is 1.80 bits per heavy atom. The lowest BCUT2D eigenvalue weighted by atomic mass is 10.4. The first-order valence-electron chi connectivity index (χ1n) is 5.32. The van der Waals surface area contributed by atoms with E-state index in [1.165, 1.54) is 0 Å². The van der Waals surface area contributed by atoms with E-state index in [9.17, 15) is 9.36 Å².